The first-order chi connectivity index (χ1) is 9.38. The predicted octanol–water partition coefficient (Wildman–Crippen LogP) is 5.50. The second-order valence-corrected chi connectivity index (χ2v) is 7.11. The van der Waals surface area contributed by atoms with Crippen LogP contribution in [0.5, 0.6) is 0 Å². The monoisotopic (exact) mass is 468 g/mol. The third-order valence-corrected chi connectivity index (χ3v) is 5.03. The largest absolute Gasteiger partial charge is 0.232 e. The van der Waals surface area contributed by atoms with Crippen LogP contribution in [0, 0.1) is 15.3 Å². The Morgan fingerprint density at radius 2 is 2.05 bits per heavy atom. The smallest absolute Gasteiger partial charge is 0.162 e. The minimum Gasteiger partial charge on any atom is -0.232 e. The minimum atomic E-state index is -0.306. The van der Waals surface area contributed by atoms with Gasteiger partial charge in [-0.3, -0.25) is 0 Å². The minimum absolute atomic E-state index is 0.306. The van der Waals surface area contributed by atoms with E-state index in [0.29, 0.717) is 21.4 Å². The molecule has 2 nitrogen and oxygen atoms in total. The number of benzene rings is 1. The Balaban J connectivity index is 2.54. The fourth-order valence-corrected chi connectivity index (χ4v) is 2.95. The zero-order valence-electron chi connectivity index (χ0n) is 10.9. The molecule has 0 aliphatic rings. The molecule has 0 saturated carbocycles. The molecule has 2 aromatic rings. The van der Waals surface area contributed by atoms with Crippen molar-refractivity contribution in [2.24, 2.45) is 5.92 Å². The highest BCUT2D eigenvalue weighted by Gasteiger charge is 2.15. The van der Waals surface area contributed by atoms with Gasteiger partial charge in [0.15, 0.2) is 5.82 Å². The predicted molar refractivity (Wildman–Crippen MR) is 91.4 cm³/mol. The van der Waals surface area contributed by atoms with E-state index in [9.17, 15) is 4.39 Å². The summed E-state index contributed by atoms with van der Waals surface area (Å²) < 4.78 is 14.7. The summed E-state index contributed by atoms with van der Waals surface area (Å²) in [5.41, 5.74) is 1.65. The average Bonchev–Trinajstić information content (AvgIpc) is 2.34. The lowest BCUT2D eigenvalue weighted by molar-refractivity contribution is 0.627. The number of rotatable bonds is 3. The molecular formula is C14H12BrClFIN2. The van der Waals surface area contributed by atoms with Gasteiger partial charge in [-0.15, -0.1) is 0 Å². The van der Waals surface area contributed by atoms with Crippen molar-refractivity contribution in [3.8, 4) is 11.4 Å². The number of nitrogens with zero attached hydrogens (tertiary/aromatic N) is 2. The lowest BCUT2D eigenvalue weighted by Gasteiger charge is -2.11. The third kappa shape index (κ3) is 3.68. The summed E-state index contributed by atoms with van der Waals surface area (Å²) in [6.07, 6.45) is 0.826. The first-order valence-electron chi connectivity index (χ1n) is 6.05. The molecule has 106 valence electrons. The second kappa shape index (κ2) is 6.66. The van der Waals surface area contributed by atoms with Crippen LogP contribution in [0.3, 0.4) is 0 Å². The molecule has 0 fully saturated rings. The van der Waals surface area contributed by atoms with Crippen LogP contribution in [0.1, 0.15) is 19.5 Å². The van der Waals surface area contributed by atoms with Crippen molar-refractivity contribution in [3.05, 3.63) is 42.9 Å². The van der Waals surface area contributed by atoms with E-state index in [4.69, 9.17) is 11.6 Å². The maximum absolute atomic E-state index is 13.2. The van der Waals surface area contributed by atoms with Crippen molar-refractivity contribution in [1.29, 1.82) is 0 Å². The highest BCUT2D eigenvalue weighted by Crippen LogP contribution is 2.30. The summed E-state index contributed by atoms with van der Waals surface area (Å²) in [5, 5.41) is 0.433. The molecule has 0 spiro atoms. The van der Waals surface area contributed by atoms with Gasteiger partial charge in [0, 0.05) is 10.0 Å². The molecule has 6 heteroatoms. The molecule has 1 heterocycles. The zero-order valence-corrected chi connectivity index (χ0v) is 15.4. The molecule has 1 aromatic carbocycles. The summed E-state index contributed by atoms with van der Waals surface area (Å²) >= 11 is 11.7. The van der Waals surface area contributed by atoms with Crippen LogP contribution in [-0.4, -0.2) is 9.97 Å². The first kappa shape index (κ1) is 16.1. The molecule has 0 saturated heterocycles. The van der Waals surface area contributed by atoms with Crippen molar-refractivity contribution < 1.29 is 4.39 Å². The van der Waals surface area contributed by atoms with E-state index in [1.807, 2.05) is 0 Å². The second-order valence-electron chi connectivity index (χ2n) is 4.82. The highest BCUT2D eigenvalue weighted by molar-refractivity contribution is 14.1. The normalized spacial score (nSPS) is 11.2. The van der Waals surface area contributed by atoms with Crippen LogP contribution in [0.4, 0.5) is 4.39 Å². The van der Waals surface area contributed by atoms with E-state index >= 15 is 0 Å². The summed E-state index contributed by atoms with van der Waals surface area (Å²) in [7, 11) is 0. The average molecular weight is 470 g/mol. The SMILES string of the molecule is CC(C)Cc1nc(-c2ccc(F)cc2Br)nc(Cl)c1I. The maximum Gasteiger partial charge on any atom is 0.162 e. The number of hydrogen-bond donors (Lipinski definition) is 0. The Kier molecular flexibility index (Phi) is 5.36. The van der Waals surface area contributed by atoms with Crippen molar-refractivity contribution in [3.63, 3.8) is 0 Å². The fraction of sp³-hybridized carbons (Fsp3) is 0.286. The van der Waals surface area contributed by atoms with Gasteiger partial charge in [0.25, 0.3) is 0 Å². The topological polar surface area (TPSA) is 25.8 Å². The highest BCUT2D eigenvalue weighted by atomic mass is 127. The van der Waals surface area contributed by atoms with Crippen molar-refractivity contribution >= 4 is 50.1 Å². The molecule has 0 N–H and O–H groups in total. The van der Waals surface area contributed by atoms with Gasteiger partial charge < -0.3 is 0 Å². The summed E-state index contributed by atoms with van der Waals surface area (Å²) in [5.74, 6) is 0.677. The fourth-order valence-electron chi connectivity index (χ4n) is 1.78. The van der Waals surface area contributed by atoms with E-state index in [1.54, 1.807) is 6.07 Å². The van der Waals surface area contributed by atoms with E-state index in [-0.39, 0.29) is 5.82 Å². The maximum atomic E-state index is 13.2. The van der Waals surface area contributed by atoms with Crippen LogP contribution >= 0.6 is 50.1 Å². The van der Waals surface area contributed by atoms with Crippen LogP contribution in [-0.2, 0) is 6.42 Å². The van der Waals surface area contributed by atoms with E-state index in [0.717, 1.165) is 21.2 Å². The molecule has 0 aliphatic heterocycles. The quantitative estimate of drug-likeness (QED) is 0.438. The van der Waals surface area contributed by atoms with E-state index in [2.05, 4.69) is 62.3 Å². The molecule has 1 aromatic heterocycles. The van der Waals surface area contributed by atoms with Gasteiger partial charge in [0.1, 0.15) is 11.0 Å². The lowest BCUT2D eigenvalue weighted by Crippen LogP contribution is -2.04. The van der Waals surface area contributed by atoms with E-state index in [1.165, 1.54) is 12.1 Å². The van der Waals surface area contributed by atoms with Crippen molar-refractivity contribution in [2.75, 3.05) is 0 Å². The Morgan fingerprint density at radius 3 is 2.65 bits per heavy atom. The van der Waals surface area contributed by atoms with Crippen LogP contribution in [0.25, 0.3) is 11.4 Å². The molecule has 0 bridgehead atoms. The third-order valence-electron chi connectivity index (χ3n) is 2.65. The van der Waals surface area contributed by atoms with Gasteiger partial charge in [0.05, 0.1) is 9.26 Å². The Bertz CT molecular complexity index is 649. The summed E-state index contributed by atoms with van der Waals surface area (Å²) in [6, 6.07) is 4.43. The standard InChI is InChI=1S/C14H12BrClFIN2/c1-7(2)5-11-12(18)13(16)20-14(19-11)9-4-3-8(17)6-10(9)15/h3-4,6-7H,5H2,1-2H3. The summed E-state index contributed by atoms with van der Waals surface area (Å²) in [6.45, 7) is 4.25. The van der Waals surface area contributed by atoms with Crippen molar-refractivity contribution in [1.82, 2.24) is 9.97 Å². The van der Waals surface area contributed by atoms with E-state index < -0.39 is 0 Å². The number of halogens is 4. The molecule has 0 radical (unpaired) electrons. The molecule has 0 atom stereocenters. The molecule has 0 amide bonds. The molecular weight excluding hydrogens is 457 g/mol. The molecule has 0 aliphatic carbocycles. The van der Waals surface area contributed by atoms with Gasteiger partial charge in [0.2, 0.25) is 0 Å². The van der Waals surface area contributed by atoms with Gasteiger partial charge in [-0.1, -0.05) is 25.4 Å². The molecule has 0 unspecified atom stereocenters. The van der Waals surface area contributed by atoms with Gasteiger partial charge >= 0.3 is 0 Å². The summed E-state index contributed by atoms with van der Waals surface area (Å²) in [4.78, 5) is 8.87. The first-order valence-corrected chi connectivity index (χ1v) is 8.30. The van der Waals surface area contributed by atoms with Crippen LogP contribution in [0.2, 0.25) is 5.15 Å². The number of hydrogen-bond acceptors (Lipinski definition) is 2. The van der Waals surface area contributed by atoms with Crippen LogP contribution < -0.4 is 0 Å². The Labute approximate surface area is 144 Å². The molecule has 20 heavy (non-hydrogen) atoms. The van der Waals surface area contributed by atoms with Crippen LogP contribution in [0.15, 0.2) is 22.7 Å². The van der Waals surface area contributed by atoms with Gasteiger partial charge in [-0.05, 0) is 69.1 Å². The van der Waals surface area contributed by atoms with Gasteiger partial charge in [-0.25, -0.2) is 14.4 Å². The lowest BCUT2D eigenvalue weighted by atomic mass is 10.1. The molecule has 2 rings (SSSR count). The Hall–Kier alpha value is -0.270. The van der Waals surface area contributed by atoms with Crippen molar-refractivity contribution in [2.45, 2.75) is 20.3 Å². The zero-order chi connectivity index (χ0) is 14.9. The van der Waals surface area contributed by atoms with Gasteiger partial charge in [-0.2, -0.15) is 0 Å². The Morgan fingerprint density at radius 1 is 1.35 bits per heavy atom. The number of aromatic nitrogens is 2.